The fraction of sp³-hybridized carbons (Fsp3) is 0.0656. The van der Waals surface area contributed by atoms with Crippen molar-refractivity contribution in [2.75, 3.05) is 0 Å². The first-order chi connectivity index (χ1) is 64.8. The predicted molar refractivity (Wildman–Crippen MR) is 544 cm³/mol. The van der Waals surface area contributed by atoms with Crippen molar-refractivity contribution in [1.82, 2.24) is 39.0 Å². The van der Waals surface area contributed by atoms with Crippen LogP contribution in [0, 0.1) is 48.5 Å². The molecule has 10 heteroatoms. The summed E-state index contributed by atoms with van der Waals surface area (Å²) in [5.74, 6) is 3.39. The van der Waals surface area contributed by atoms with Crippen LogP contribution >= 0.6 is 0 Å². The summed E-state index contributed by atoms with van der Waals surface area (Å²) < 4.78 is 18.7. The monoisotopic (exact) mass is 1690 g/mol. The van der Waals surface area contributed by atoms with E-state index in [1.165, 1.54) is 50.1 Å². The van der Waals surface area contributed by atoms with Crippen LogP contribution in [-0.4, -0.2) is 39.0 Å². The molecule has 0 saturated heterocycles. The van der Waals surface area contributed by atoms with E-state index in [2.05, 4.69) is 355 Å². The molecule has 0 fully saturated rings. The van der Waals surface area contributed by atoms with E-state index in [0.29, 0.717) is 41.4 Å². The molecule has 24 aromatic rings. The number of rotatable bonds is 16. The summed E-state index contributed by atoms with van der Waals surface area (Å²) in [6.07, 6.45) is 0.608. The third-order valence-corrected chi connectivity index (χ3v) is 26.6. The summed E-state index contributed by atoms with van der Waals surface area (Å²) in [4.78, 5) is 32.7. The number of nitrogens with zero attached hydrogens (tertiary/aromatic N) is 8. The van der Waals surface area contributed by atoms with Gasteiger partial charge >= 0.3 is 0 Å². The lowest BCUT2D eigenvalue weighted by atomic mass is 9.92. The topological polar surface area (TPSA) is 113 Å². The van der Waals surface area contributed by atoms with Gasteiger partial charge in [-0.15, -0.1) is 0 Å². The highest BCUT2D eigenvalue weighted by atomic mass is 16.3. The molecule has 0 unspecified atom stereocenters. The van der Waals surface area contributed by atoms with Gasteiger partial charge in [0.1, 0.15) is 22.3 Å². The van der Waals surface area contributed by atoms with Crippen molar-refractivity contribution in [1.29, 1.82) is 0 Å². The normalized spacial score (nSPS) is 11.8. The minimum atomic E-state index is 0.541. The first kappa shape index (κ1) is 78.6. The highest BCUT2D eigenvalue weighted by Gasteiger charge is 2.28. The summed E-state index contributed by atoms with van der Waals surface area (Å²) in [6.45, 7) is 15.4. The van der Waals surface area contributed by atoms with E-state index in [0.717, 1.165) is 199 Å². The minimum Gasteiger partial charge on any atom is -0.456 e. The fourth-order valence-electron chi connectivity index (χ4n) is 20.3. The number of furan rings is 2. The molecule has 0 aliphatic carbocycles. The highest BCUT2D eigenvalue weighted by Crippen LogP contribution is 2.49. The lowest BCUT2D eigenvalue weighted by molar-refractivity contribution is 0.664. The van der Waals surface area contributed by atoms with Gasteiger partial charge in [-0.25, -0.2) is 29.9 Å². The van der Waals surface area contributed by atoms with Crippen LogP contribution in [0.2, 0.25) is 0 Å². The van der Waals surface area contributed by atoms with E-state index in [1.54, 1.807) is 0 Å². The Labute approximate surface area is 763 Å². The van der Waals surface area contributed by atoms with Crippen LogP contribution in [0.15, 0.2) is 391 Å². The van der Waals surface area contributed by atoms with E-state index >= 15 is 0 Å². The van der Waals surface area contributed by atoms with Gasteiger partial charge in [0.25, 0.3) is 0 Å². The van der Waals surface area contributed by atoms with E-state index < -0.39 is 0 Å². The molecule has 0 atom stereocenters. The molecule has 626 valence electrons. The van der Waals surface area contributed by atoms with E-state index in [9.17, 15) is 0 Å². The van der Waals surface area contributed by atoms with Crippen LogP contribution < -0.4 is 0 Å². The number of para-hydroxylation sites is 2. The number of hydrogen-bond acceptors (Lipinski definition) is 8. The lowest BCUT2D eigenvalue weighted by Gasteiger charge is -2.17. The summed E-state index contributed by atoms with van der Waals surface area (Å²) >= 11 is 0. The third kappa shape index (κ3) is 13.7. The second-order valence-electron chi connectivity index (χ2n) is 35.3. The molecule has 0 amide bonds. The minimum absolute atomic E-state index is 0.541. The van der Waals surface area contributed by atoms with Crippen LogP contribution in [0.1, 0.15) is 50.1 Å². The molecule has 18 aromatic carbocycles. The first-order valence-corrected chi connectivity index (χ1v) is 45.1. The van der Waals surface area contributed by atoms with Crippen molar-refractivity contribution >= 4 is 87.5 Å². The van der Waals surface area contributed by atoms with Gasteiger partial charge in [0.15, 0.2) is 34.9 Å². The van der Waals surface area contributed by atoms with E-state index in [4.69, 9.17) is 38.7 Å². The summed E-state index contributed by atoms with van der Waals surface area (Å²) in [7, 11) is 0. The Morgan fingerprint density at radius 1 is 0.212 bits per heavy atom. The van der Waals surface area contributed by atoms with Crippen molar-refractivity contribution < 1.29 is 8.83 Å². The summed E-state index contributed by atoms with van der Waals surface area (Å²) in [5, 5.41) is 8.68. The third-order valence-electron chi connectivity index (χ3n) is 26.6. The van der Waals surface area contributed by atoms with Crippen LogP contribution in [0.25, 0.3) is 234 Å². The largest absolute Gasteiger partial charge is 0.456 e. The van der Waals surface area contributed by atoms with Crippen molar-refractivity contribution in [2.24, 2.45) is 0 Å². The fourth-order valence-corrected chi connectivity index (χ4v) is 20.3. The number of aryl methyl sites for hydroxylation is 7. The smallest absolute Gasteiger partial charge is 0.166 e. The summed E-state index contributed by atoms with van der Waals surface area (Å²) in [5.41, 5.74) is 38.6. The molecule has 0 radical (unpaired) electrons. The van der Waals surface area contributed by atoms with Gasteiger partial charge in [-0.05, 0) is 227 Å². The average molecular weight is 1700 g/mol. The number of aromatic nitrogens is 8. The van der Waals surface area contributed by atoms with Gasteiger partial charge in [-0.2, -0.15) is 0 Å². The molecule has 0 aliphatic heterocycles. The zero-order chi connectivity index (χ0) is 88.5. The number of benzene rings is 18. The van der Waals surface area contributed by atoms with Crippen molar-refractivity contribution in [2.45, 2.75) is 54.9 Å². The second-order valence-corrected chi connectivity index (χ2v) is 35.3. The maximum atomic E-state index is 7.22. The molecule has 0 bridgehead atoms. The molecule has 0 saturated carbocycles. The first-order valence-electron chi connectivity index (χ1n) is 45.1. The van der Waals surface area contributed by atoms with Gasteiger partial charge in [0.2, 0.25) is 0 Å². The average Bonchev–Trinajstić information content (AvgIpc) is 1.56. The molecular formula is C122H86N8O2. The molecule has 0 spiro atoms. The van der Waals surface area contributed by atoms with Gasteiger partial charge in [-0.3, -0.25) is 0 Å². The Kier molecular flexibility index (Phi) is 19.0. The van der Waals surface area contributed by atoms with Gasteiger partial charge < -0.3 is 18.0 Å². The van der Waals surface area contributed by atoms with Gasteiger partial charge in [0, 0.05) is 82.9 Å². The number of fused-ring (bicyclic) bond motifs is 12. The molecule has 0 aliphatic rings. The van der Waals surface area contributed by atoms with Crippen LogP contribution in [-0.2, 0) is 6.42 Å². The van der Waals surface area contributed by atoms with Crippen LogP contribution in [0.4, 0.5) is 0 Å². The highest BCUT2D eigenvalue weighted by molar-refractivity contribution is 6.17. The van der Waals surface area contributed by atoms with Gasteiger partial charge in [0.05, 0.1) is 33.4 Å². The summed E-state index contributed by atoms with van der Waals surface area (Å²) in [6, 6.07) is 137. The molecular weight excluding hydrogens is 1610 g/mol. The van der Waals surface area contributed by atoms with Crippen LogP contribution in [0.5, 0.6) is 0 Å². The Bertz CT molecular complexity index is 8600. The Hall–Kier alpha value is -16.8. The lowest BCUT2D eigenvalue weighted by Crippen LogP contribution is -2.04. The zero-order valence-corrected chi connectivity index (χ0v) is 74.0. The quantitative estimate of drug-likeness (QED) is 0.0940. The molecule has 6 aromatic heterocycles. The maximum Gasteiger partial charge on any atom is 0.166 e. The van der Waals surface area contributed by atoms with Gasteiger partial charge in [-0.1, -0.05) is 320 Å². The Morgan fingerprint density at radius 3 is 1.02 bits per heavy atom. The standard InChI is InChI=1S/C122H86N8O2/c1-72-39-50-91(75(4)61-72)84-46-57-105-101(66-84)102-67-85(92-51-40-73(2)62-76(92)5)47-58-106(102)129(105)107-59-49-87(69-103(107)121-125-117(80-25-12-8-13-26-80)123-118(126-121)81-27-14-9-15-28-81)96-54-45-90(116-115(96)100-34-21-23-37-112(100)132-116)65-79-42-53-94(78(7)64-79)89-44-56-98-97-55-43-88(93-52-41-74(3)63-77(93)6)70-109(97)130(110(98)71-89)108-60-48-86(95-35-24-38-113-114(95)99-33-20-22-36-111(99)131-113)68-104(108)122-127-119(82-29-16-10-17-30-82)124-120(128-122)83-31-18-11-19-32-83/h8-64,66-71H,65H2,1-7H3. The van der Waals surface area contributed by atoms with Crippen molar-refractivity contribution in [3.05, 3.63) is 432 Å². The van der Waals surface area contributed by atoms with Crippen molar-refractivity contribution in [3.8, 4) is 146 Å². The molecule has 24 rings (SSSR count). The van der Waals surface area contributed by atoms with Crippen LogP contribution in [0.3, 0.4) is 0 Å². The second kappa shape index (κ2) is 31.9. The maximum absolute atomic E-state index is 7.22. The zero-order valence-electron chi connectivity index (χ0n) is 74.0. The Balaban J connectivity index is 0.660. The van der Waals surface area contributed by atoms with E-state index in [1.807, 2.05) is 84.9 Å². The molecule has 10 nitrogen and oxygen atoms in total. The molecule has 6 heterocycles. The Morgan fingerprint density at radius 2 is 0.568 bits per heavy atom. The van der Waals surface area contributed by atoms with E-state index in [-0.39, 0.29) is 0 Å². The predicted octanol–water partition coefficient (Wildman–Crippen LogP) is 31.8. The molecule has 132 heavy (non-hydrogen) atoms. The number of hydrogen-bond donors (Lipinski definition) is 0. The molecule has 0 N–H and O–H groups in total. The SMILES string of the molecule is Cc1ccc(-c2ccc3c(c2)c2cc(-c4ccc(C)cc4C)ccc2n3-c2ccc(-c3ccc(Cc4ccc(-c5ccc6c7ccc(-c8ccc(C)cc8C)cc7n(-c7ccc(-c8cccc9oc%10ccccc%10c89)cc7-c7nc(-c8ccccc8)nc(-c8ccccc8)n7)c6c5)c(C)c4)c4oc5ccccc5c34)cc2-c2nc(-c3ccccc3)nc(-c3ccccc3)n2)c(C)c1. The van der Waals surface area contributed by atoms with Crippen molar-refractivity contribution in [3.63, 3.8) is 0 Å².